The van der Waals surface area contributed by atoms with Crippen LogP contribution in [0.4, 0.5) is 0 Å². The Morgan fingerprint density at radius 3 is 2.46 bits per heavy atom. The average molecular weight is 397 g/mol. The SMILES string of the molecule is COCCNS(=O)(=O)c1cccc(S(=O)(=O)C2CCS(=O)(=O)C2)c1. The van der Waals surface area contributed by atoms with Crippen LogP contribution < -0.4 is 4.72 Å². The Morgan fingerprint density at radius 2 is 1.88 bits per heavy atom. The molecule has 0 bridgehead atoms. The number of ether oxygens (including phenoxy) is 1. The molecule has 0 aliphatic carbocycles. The zero-order chi connectivity index (χ0) is 18.0. The number of hydrogen-bond acceptors (Lipinski definition) is 7. The van der Waals surface area contributed by atoms with Crippen molar-refractivity contribution >= 4 is 29.7 Å². The van der Waals surface area contributed by atoms with E-state index < -0.39 is 40.7 Å². The highest BCUT2D eigenvalue weighted by Gasteiger charge is 2.38. The Labute approximate surface area is 142 Å². The van der Waals surface area contributed by atoms with Crippen LogP contribution in [-0.2, 0) is 34.4 Å². The van der Waals surface area contributed by atoms with E-state index in [0.29, 0.717) is 0 Å². The summed E-state index contributed by atoms with van der Waals surface area (Å²) in [6.45, 7) is 0.230. The summed E-state index contributed by atoms with van der Waals surface area (Å²) in [5, 5.41) is -1.04. The van der Waals surface area contributed by atoms with Gasteiger partial charge >= 0.3 is 0 Å². The number of sulfone groups is 2. The lowest BCUT2D eigenvalue weighted by molar-refractivity contribution is 0.204. The number of hydrogen-bond donors (Lipinski definition) is 1. The third-order valence-corrected chi connectivity index (χ3v) is 9.30. The highest BCUT2D eigenvalue weighted by atomic mass is 32.2. The van der Waals surface area contributed by atoms with Crippen LogP contribution in [0.3, 0.4) is 0 Å². The van der Waals surface area contributed by atoms with E-state index in [1.807, 2.05) is 0 Å². The molecule has 11 heteroatoms. The zero-order valence-electron chi connectivity index (χ0n) is 13.0. The van der Waals surface area contributed by atoms with Gasteiger partial charge in [-0.2, -0.15) is 0 Å². The van der Waals surface area contributed by atoms with E-state index >= 15 is 0 Å². The van der Waals surface area contributed by atoms with Crippen LogP contribution in [0, 0.1) is 0 Å². The molecule has 1 aliphatic rings. The van der Waals surface area contributed by atoms with Gasteiger partial charge in [0.15, 0.2) is 19.7 Å². The van der Waals surface area contributed by atoms with Crippen molar-refractivity contribution < 1.29 is 30.0 Å². The van der Waals surface area contributed by atoms with Crippen molar-refractivity contribution in [1.29, 1.82) is 0 Å². The van der Waals surface area contributed by atoms with Crippen molar-refractivity contribution in [1.82, 2.24) is 4.72 Å². The zero-order valence-corrected chi connectivity index (χ0v) is 15.5. The minimum absolute atomic E-state index is 0.0216. The fraction of sp³-hybridized carbons (Fsp3) is 0.538. The monoisotopic (exact) mass is 397 g/mol. The van der Waals surface area contributed by atoms with Crippen molar-refractivity contribution in [3.05, 3.63) is 24.3 Å². The van der Waals surface area contributed by atoms with Gasteiger partial charge in [-0.1, -0.05) is 6.07 Å². The Balaban J connectivity index is 2.30. The first-order valence-electron chi connectivity index (χ1n) is 7.11. The summed E-state index contributed by atoms with van der Waals surface area (Å²) in [7, 11) is -9.72. The highest BCUT2D eigenvalue weighted by molar-refractivity contribution is 7.96. The summed E-state index contributed by atoms with van der Waals surface area (Å²) in [6.07, 6.45) is 0.0216. The van der Waals surface area contributed by atoms with Crippen LogP contribution >= 0.6 is 0 Å². The van der Waals surface area contributed by atoms with E-state index in [2.05, 4.69) is 4.72 Å². The third kappa shape index (κ3) is 4.33. The molecular weight excluding hydrogens is 378 g/mol. The number of benzene rings is 1. The summed E-state index contributed by atoms with van der Waals surface area (Å²) in [4.78, 5) is -0.389. The highest BCUT2D eigenvalue weighted by Crippen LogP contribution is 2.26. The summed E-state index contributed by atoms with van der Waals surface area (Å²) in [5.41, 5.74) is 0. The van der Waals surface area contributed by atoms with Crippen LogP contribution in [0.15, 0.2) is 34.1 Å². The summed E-state index contributed by atoms with van der Waals surface area (Å²) < 4.78 is 79.5. The lowest BCUT2D eigenvalue weighted by Crippen LogP contribution is -2.28. The molecule has 2 rings (SSSR count). The van der Waals surface area contributed by atoms with Crippen LogP contribution in [0.1, 0.15) is 6.42 Å². The number of nitrogens with one attached hydrogen (secondary N) is 1. The van der Waals surface area contributed by atoms with Gasteiger partial charge in [0.2, 0.25) is 10.0 Å². The molecule has 0 saturated carbocycles. The van der Waals surface area contributed by atoms with Gasteiger partial charge in [-0.15, -0.1) is 0 Å². The maximum absolute atomic E-state index is 12.6. The average Bonchev–Trinajstić information content (AvgIpc) is 2.88. The van der Waals surface area contributed by atoms with Gasteiger partial charge in [0, 0.05) is 13.7 Å². The van der Waals surface area contributed by atoms with Gasteiger partial charge < -0.3 is 4.74 Å². The topological polar surface area (TPSA) is 124 Å². The van der Waals surface area contributed by atoms with E-state index in [0.717, 1.165) is 6.07 Å². The summed E-state index contributed by atoms with van der Waals surface area (Å²) >= 11 is 0. The molecular formula is C13H19NO7S3. The van der Waals surface area contributed by atoms with E-state index in [-0.39, 0.29) is 35.1 Å². The smallest absolute Gasteiger partial charge is 0.240 e. The van der Waals surface area contributed by atoms with Gasteiger partial charge in [0.1, 0.15) is 0 Å². The minimum Gasteiger partial charge on any atom is -0.383 e. The van der Waals surface area contributed by atoms with Crippen molar-refractivity contribution in [2.24, 2.45) is 0 Å². The molecule has 136 valence electrons. The fourth-order valence-corrected chi connectivity index (χ4v) is 7.91. The fourth-order valence-electron chi connectivity index (χ4n) is 2.38. The summed E-state index contributed by atoms with van der Waals surface area (Å²) in [5.74, 6) is -0.605. The Bertz CT molecular complexity index is 905. The van der Waals surface area contributed by atoms with Crippen molar-refractivity contribution in [3.63, 3.8) is 0 Å². The maximum atomic E-state index is 12.6. The molecule has 0 radical (unpaired) electrons. The first-order chi connectivity index (χ1) is 11.1. The largest absolute Gasteiger partial charge is 0.383 e. The van der Waals surface area contributed by atoms with Crippen LogP contribution in [0.2, 0.25) is 0 Å². The van der Waals surface area contributed by atoms with Gasteiger partial charge in [-0.3, -0.25) is 0 Å². The molecule has 0 aromatic heterocycles. The molecule has 1 aromatic rings. The van der Waals surface area contributed by atoms with Crippen LogP contribution in [-0.4, -0.2) is 62.3 Å². The standard InChI is InChI=1S/C13H19NO7S3/c1-21-7-6-14-24(19,20)12-4-2-3-11(9-12)23(17,18)13-5-8-22(15,16)10-13/h2-4,9,13-14H,5-8,10H2,1H3. The molecule has 1 fully saturated rings. The van der Waals surface area contributed by atoms with E-state index in [1.54, 1.807) is 0 Å². The van der Waals surface area contributed by atoms with Crippen molar-refractivity contribution in [2.45, 2.75) is 21.5 Å². The quantitative estimate of drug-likeness (QED) is 0.619. The molecule has 1 unspecified atom stereocenters. The molecule has 0 amide bonds. The van der Waals surface area contributed by atoms with Gasteiger partial charge in [0.25, 0.3) is 0 Å². The molecule has 1 heterocycles. The molecule has 1 N–H and O–H groups in total. The summed E-state index contributed by atoms with van der Waals surface area (Å²) in [6, 6.07) is 4.92. The Morgan fingerprint density at radius 1 is 1.21 bits per heavy atom. The van der Waals surface area contributed by atoms with Gasteiger partial charge in [-0.25, -0.2) is 30.0 Å². The number of sulfonamides is 1. The molecule has 0 spiro atoms. The Hall–Kier alpha value is -1.01. The molecule has 1 aliphatic heterocycles. The van der Waals surface area contributed by atoms with E-state index in [9.17, 15) is 25.3 Å². The number of rotatable bonds is 7. The normalized spacial score (nSPS) is 21.0. The van der Waals surface area contributed by atoms with Crippen molar-refractivity contribution in [2.75, 3.05) is 31.8 Å². The number of methoxy groups -OCH3 is 1. The maximum Gasteiger partial charge on any atom is 0.240 e. The Kier molecular flexibility index (Phi) is 5.70. The van der Waals surface area contributed by atoms with Crippen LogP contribution in [0.5, 0.6) is 0 Å². The first kappa shape index (κ1) is 19.3. The second kappa shape index (κ2) is 7.08. The predicted molar refractivity (Wildman–Crippen MR) is 87.8 cm³/mol. The second-order valence-electron chi connectivity index (χ2n) is 5.44. The molecule has 8 nitrogen and oxygen atoms in total. The minimum atomic E-state index is -3.91. The van der Waals surface area contributed by atoms with Gasteiger partial charge in [0.05, 0.1) is 33.2 Å². The molecule has 1 atom stereocenters. The second-order valence-corrected chi connectivity index (χ2v) is 11.7. The van der Waals surface area contributed by atoms with E-state index in [4.69, 9.17) is 4.74 Å². The third-order valence-electron chi connectivity index (χ3n) is 3.67. The molecule has 24 heavy (non-hydrogen) atoms. The molecule has 1 saturated heterocycles. The van der Waals surface area contributed by atoms with E-state index in [1.165, 1.54) is 25.3 Å². The molecule has 1 aromatic carbocycles. The van der Waals surface area contributed by atoms with Gasteiger partial charge in [-0.05, 0) is 24.6 Å². The van der Waals surface area contributed by atoms with Crippen molar-refractivity contribution in [3.8, 4) is 0 Å². The lowest BCUT2D eigenvalue weighted by atomic mass is 10.4. The lowest BCUT2D eigenvalue weighted by Gasteiger charge is -2.12. The first-order valence-corrected chi connectivity index (χ1v) is 12.0. The predicted octanol–water partition coefficient (Wildman–Crippen LogP) is -0.428. The van der Waals surface area contributed by atoms with Crippen LogP contribution in [0.25, 0.3) is 0 Å².